The fourth-order valence-corrected chi connectivity index (χ4v) is 9.19. The van der Waals surface area contributed by atoms with E-state index in [1.807, 2.05) is 21.1 Å². The fraction of sp³-hybridized carbons (Fsp3) is 0.950. The van der Waals surface area contributed by atoms with Crippen molar-refractivity contribution in [1.82, 2.24) is 0 Å². The largest absolute Gasteiger partial charge is 0.545 e. The van der Waals surface area contributed by atoms with Crippen LogP contribution < -0.4 is 5.11 Å². The van der Waals surface area contributed by atoms with E-state index in [0.717, 1.165) is 38.5 Å². The zero-order chi connectivity index (χ0) is 50.6. The van der Waals surface area contributed by atoms with Crippen molar-refractivity contribution < 1.29 is 42.9 Å². The van der Waals surface area contributed by atoms with E-state index in [0.29, 0.717) is 17.4 Å². The number of nitrogens with zero attached hydrogens (tertiary/aromatic N) is 1. The van der Waals surface area contributed by atoms with Gasteiger partial charge in [-0.3, -0.25) is 9.59 Å². The molecule has 69 heavy (non-hydrogen) atoms. The van der Waals surface area contributed by atoms with Gasteiger partial charge in [-0.2, -0.15) is 0 Å². The maximum absolute atomic E-state index is 12.8. The summed E-state index contributed by atoms with van der Waals surface area (Å²) in [5.41, 5.74) is 0. The van der Waals surface area contributed by atoms with Crippen LogP contribution >= 0.6 is 0 Å². The van der Waals surface area contributed by atoms with E-state index >= 15 is 0 Å². The van der Waals surface area contributed by atoms with Crippen molar-refractivity contribution in [3.8, 4) is 0 Å². The average Bonchev–Trinajstić information content (AvgIpc) is 3.31. The first-order valence-electron chi connectivity index (χ1n) is 30.2. The first kappa shape index (κ1) is 67.3. The zero-order valence-corrected chi connectivity index (χ0v) is 46.7. The normalized spacial score (nSPS) is 12.7. The van der Waals surface area contributed by atoms with E-state index in [1.165, 1.54) is 244 Å². The Bertz CT molecular complexity index is 1100. The summed E-state index contributed by atoms with van der Waals surface area (Å²) in [6, 6.07) is 0. The average molecular weight is 981 g/mol. The molecule has 0 rings (SSSR count). The van der Waals surface area contributed by atoms with Crippen molar-refractivity contribution >= 4 is 17.9 Å². The van der Waals surface area contributed by atoms with Crippen LogP contribution in [0.25, 0.3) is 0 Å². The molecule has 9 nitrogen and oxygen atoms in total. The van der Waals surface area contributed by atoms with Crippen LogP contribution in [0.2, 0.25) is 0 Å². The fourth-order valence-electron chi connectivity index (χ4n) is 9.19. The van der Waals surface area contributed by atoms with Crippen molar-refractivity contribution in [3.05, 3.63) is 0 Å². The number of hydrogen-bond donors (Lipinski definition) is 0. The SMILES string of the molecule is CCCCCCCCCCCCCCCCCCCCCCCCCCCCCCCCCCC(=O)OC(COC(=O)CCCCCCCCCCCCCC)COC(OCC[N+](C)(C)C)C(=O)[O-]. The van der Waals surface area contributed by atoms with Gasteiger partial charge in [0.15, 0.2) is 12.4 Å². The van der Waals surface area contributed by atoms with Gasteiger partial charge >= 0.3 is 11.9 Å². The highest BCUT2D eigenvalue weighted by atomic mass is 16.7. The van der Waals surface area contributed by atoms with Gasteiger partial charge in [-0.25, -0.2) is 0 Å². The minimum Gasteiger partial charge on any atom is -0.545 e. The predicted octanol–water partition coefficient (Wildman–Crippen LogP) is 16.2. The molecule has 0 saturated heterocycles. The van der Waals surface area contributed by atoms with Crippen molar-refractivity contribution in [1.29, 1.82) is 0 Å². The number of carbonyl (C=O) groups excluding carboxylic acids is 3. The quantitative estimate of drug-likeness (QED) is 0.0256. The van der Waals surface area contributed by atoms with Crippen molar-refractivity contribution in [3.63, 3.8) is 0 Å². The number of unbranched alkanes of at least 4 members (excludes halogenated alkanes) is 42. The van der Waals surface area contributed by atoms with Crippen molar-refractivity contribution in [2.24, 2.45) is 0 Å². The third-order valence-electron chi connectivity index (χ3n) is 13.9. The van der Waals surface area contributed by atoms with Crippen LogP contribution in [0.4, 0.5) is 0 Å². The third-order valence-corrected chi connectivity index (χ3v) is 13.9. The summed E-state index contributed by atoms with van der Waals surface area (Å²) in [4.78, 5) is 37.2. The Balaban J connectivity index is 3.99. The molecule has 0 aliphatic rings. The summed E-state index contributed by atoms with van der Waals surface area (Å²) in [7, 11) is 5.93. The number of hydrogen-bond acceptors (Lipinski definition) is 8. The van der Waals surface area contributed by atoms with Crippen LogP contribution in [0.15, 0.2) is 0 Å². The molecule has 0 fully saturated rings. The van der Waals surface area contributed by atoms with Gasteiger partial charge in [0.05, 0.1) is 40.3 Å². The van der Waals surface area contributed by atoms with Gasteiger partial charge in [-0.1, -0.05) is 284 Å². The van der Waals surface area contributed by atoms with Gasteiger partial charge in [0, 0.05) is 12.8 Å². The zero-order valence-electron chi connectivity index (χ0n) is 46.7. The van der Waals surface area contributed by atoms with Gasteiger partial charge in [0.2, 0.25) is 0 Å². The van der Waals surface area contributed by atoms with Crippen LogP contribution in [0, 0.1) is 0 Å². The maximum Gasteiger partial charge on any atom is 0.306 e. The lowest BCUT2D eigenvalue weighted by molar-refractivity contribution is -0.870. The molecule has 0 aliphatic carbocycles. The molecule has 0 aromatic carbocycles. The second kappa shape index (κ2) is 52.6. The molecule has 0 spiro atoms. The Hall–Kier alpha value is -1.71. The van der Waals surface area contributed by atoms with E-state index in [9.17, 15) is 19.5 Å². The molecule has 410 valence electrons. The minimum atomic E-state index is -1.61. The Morgan fingerprint density at radius 3 is 0.928 bits per heavy atom. The van der Waals surface area contributed by atoms with Gasteiger partial charge in [-0.15, -0.1) is 0 Å². The first-order valence-corrected chi connectivity index (χ1v) is 30.2. The van der Waals surface area contributed by atoms with Crippen LogP contribution in [0.5, 0.6) is 0 Å². The van der Waals surface area contributed by atoms with Crippen LogP contribution in [-0.4, -0.2) is 82.3 Å². The second-order valence-electron chi connectivity index (χ2n) is 22.0. The summed E-state index contributed by atoms with van der Waals surface area (Å²) < 4.78 is 22.7. The summed E-state index contributed by atoms with van der Waals surface area (Å²) in [5.74, 6) is -2.26. The molecule has 2 atom stereocenters. The van der Waals surface area contributed by atoms with Crippen LogP contribution in [0.3, 0.4) is 0 Å². The van der Waals surface area contributed by atoms with E-state index in [4.69, 9.17) is 18.9 Å². The van der Waals surface area contributed by atoms with Crippen LogP contribution in [-0.2, 0) is 33.3 Å². The van der Waals surface area contributed by atoms with Crippen LogP contribution in [0.1, 0.15) is 309 Å². The van der Waals surface area contributed by atoms with E-state index in [2.05, 4.69) is 13.8 Å². The third kappa shape index (κ3) is 53.9. The first-order chi connectivity index (χ1) is 33.6. The lowest BCUT2D eigenvalue weighted by Gasteiger charge is -2.26. The second-order valence-corrected chi connectivity index (χ2v) is 22.0. The molecule has 0 radical (unpaired) electrons. The molecule has 0 amide bonds. The van der Waals surface area contributed by atoms with Crippen molar-refractivity contribution in [2.75, 3.05) is 47.5 Å². The summed E-state index contributed by atoms with van der Waals surface area (Å²) in [6.07, 6.45) is 56.1. The summed E-state index contributed by atoms with van der Waals surface area (Å²) >= 11 is 0. The van der Waals surface area contributed by atoms with Crippen molar-refractivity contribution in [2.45, 2.75) is 322 Å². The molecule has 9 heteroatoms. The van der Waals surface area contributed by atoms with E-state index < -0.39 is 24.3 Å². The molecule has 2 unspecified atom stereocenters. The molecule has 0 saturated carbocycles. The summed E-state index contributed by atoms with van der Waals surface area (Å²) in [5, 5.41) is 11.7. The molecule has 0 bridgehead atoms. The molecule has 0 aliphatic heterocycles. The van der Waals surface area contributed by atoms with Gasteiger partial charge in [0.25, 0.3) is 0 Å². The topological polar surface area (TPSA) is 111 Å². The predicted molar refractivity (Wildman–Crippen MR) is 288 cm³/mol. The number of aliphatic carboxylic acids is 1. The smallest absolute Gasteiger partial charge is 0.306 e. The molecule has 0 aromatic heterocycles. The lowest BCUT2D eigenvalue weighted by Crippen LogP contribution is -2.44. The number of quaternary nitrogens is 1. The highest BCUT2D eigenvalue weighted by Gasteiger charge is 2.22. The summed E-state index contributed by atoms with van der Waals surface area (Å²) in [6.45, 7) is 4.80. The molecule has 0 N–H and O–H groups in total. The number of carboxylic acids is 1. The Labute approximate surface area is 428 Å². The molecule has 0 aromatic rings. The lowest BCUT2D eigenvalue weighted by atomic mass is 10.0. The minimum absolute atomic E-state index is 0.153. The van der Waals surface area contributed by atoms with Gasteiger partial charge in [0.1, 0.15) is 13.2 Å². The molecular weight excluding hydrogens is 863 g/mol. The highest BCUT2D eigenvalue weighted by Crippen LogP contribution is 2.18. The molecule has 0 heterocycles. The standard InChI is InChI=1S/C60H117NO8/c1-6-8-10-12-14-16-18-20-21-22-23-24-25-26-27-28-29-30-31-32-33-34-35-36-37-38-39-41-43-45-47-49-51-58(63)69-56(55-68-60(59(64)65)66-53-52-61(3,4)5)54-67-57(62)50-48-46-44-42-40-19-17-15-13-11-9-7-2/h56,60H,6-55H2,1-5H3. The monoisotopic (exact) mass is 980 g/mol. The Morgan fingerprint density at radius 2 is 0.652 bits per heavy atom. The number of rotatable bonds is 57. The number of ether oxygens (including phenoxy) is 4. The number of likely N-dealkylation sites (N-methyl/N-ethyl adjacent to an activating group) is 1. The van der Waals surface area contributed by atoms with E-state index in [-0.39, 0.29) is 32.2 Å². The number of carbonyl (C=O) groups is 3. The molecular formula is C60H117NO8. The Morgan fingerprint density at radius 1 is 0.377 bits per heavy atom. The maximum atomic E-state index is 12.8. The highest BCUT2D eigenvalue weighted by molar-refractivity contribution is 5.70. The number of carboxylic acid groups (broad SMARTS) is 1. The van der Waals surface area contributed by atoms with Gasteiger partial charge in [-0.05, 0) is 12.8 Å². The Kier molecular flexibility index (Phi) is 51.3. The van der Waals surface area contributed by atoms with E-state index in [1.54, 1.807) is 0 Å². The van der Waals surface area contributed by atoms with Gasteiger partial charge < -0.3 is 33.3 Å². The number of esters is 2.